The Morgan fingerprint density at radius 2 is 0.800 bits per heavy atom. The predicted molar refractivity (Wildman–Crippen MR) is 219 cm³/mol. The molecule has 50 heavy (non-hydrogen) atoms. The third-order valence-corrected chi connectivity index (χ3v) is 8.77. The standard InChI is InChI=1S/C42H80NO4.C3H8/c1-6-8-10-12-14-16-18-20-22-24-26-28-30-32-34-36-41(44)46-39-40(38-43(3,4)5)47-42(45)37-35-33-31-29-27-25-23-21-19-17-15-13-11-9-7-2;1-3-2/h20-23,40H,6-19,24-39H2,1-5H3;3H2,1-2H3/q+1;/b22-20-,23-21-;. The molecule has 5 heteroatoms. The van der Waals surface area contributed by atoms with Gasteiger partial charge in [0, 0.05) is 12.8 Å². The second-order valence-corrected chi connectivity index (χ2v) is 15.6. The summed E-state index contributed by atoms with van der Waals surface area (Å²) < 4.78 is 12.0. The van der Waals surface area contributed by atoms with Crippen LogP contribution in [0.25, 0.3) is 0 Å². The van der Waals surface area contributed by atoms with Crippen LogP contribution in [0.1, 0.15) is 214 Å². The molecule has 0 fully saturated rings. The third kappa shape index (κ3) is 44.4. The largest absolute Gasteiger partial charge is 0.461 e. The first-order valence-corrected chi connectivity index (χ1v) is 21.7. The molecule has 0 aromatic heterocycles. The zero-order chi connectivity index (χ0) is 37.4. The molecule has 0 rings (SSSR count). The molecule has 0 aliphatic rings. The Kier molecular flexibility index (Phi) is 40.5. The molecule has 5 nitrogen and oxygen atoms in total. The van der Waals surface area contributed by atoms with Crippen molar-refractivity contribution in [2.24, 2.45) is 0 Å². The van der Waals surface area contributed by atoms with Gasteiger partial charge in [0.1, 0.15) is 13.2 Å². The summed E-state index contributed by atoms with van der Waals surface area (Å²) in [6.07, 6.45) is 43.3. The van der Waals surface area contributed by atoms with Gasteiger partial charge in [-0.1, -0.05) is 161 Å². The maximum atomic E-state index is 12.6. The molecule has 1 unspecified atom stereocenters. The molecule has 1 atom stereocenters. The van der Waals surface area contributed by atoms with Gasteiger partial charge in [-0.15, -0.1) is 0 Å². The summed E-state index contributed by atoms with van der Waals surface area (Å²) in [5.41, 5.74) is 0. The molecule has 0 aromatic carbocycles. The molecule has 0 aromatic rings. The zero-order valence-corrected chi connectivity index (χ0v) is 34.9. The van der Waals surface area contributed by atoms with Crippen molar-refractivity contribution in [2.75, 3.05) is 34.3 Å². The average Bonchev–Trinajstić information content (AvgIpc) is 3.07. The number of nitrogens with zero attached hydrogens (tertiary/aromatic N) is 1. The lowest BCUT2D eigenvalue weighted by molar-refractivity contribution is -0.873. The van der Waals surface area contributed by atoms with Crippen LogP contribution >= 0.6 is 0 Å². The molecule has 0 bridgehead atoms. The van der Waals surface area contributed by atoms with E-state index >= 15 is 0 Å². The number of hydrogen-bond donors (Lipinski definition) is 0. The number of quaternary nitrogens is 1. The lowest BCUT2D eigenvalue weighted by Crippen LogP contribution is -2.45. The quantitative estimate of drug-likeness (QED) is 0.0285. The zero-order valence-electron chi connectivity index (χ0n) is 34.9. The number of rotatable bonds is 35. The maximum Gasteiger partial charge on any atom is 0.306 e. The van der Waals surface area contributed by atoms with Crippen LogP contribution in [-0.4, -0.2) is 56.8 Å². The van der Waals surface area contributed by atoms with Gasteiger partial charge in [0.05, 0.1) is 21.1 Å². The monoisotopic (exact) mass is 707 g/mol. The van der Waals surface area contributed by atoms with E-state index in [0.717, 1.165) is 38.5 Å². The van der Waals surface area contributed by atoms with Crippen LogP contribution in [0.15, 0.2) is 24.3 Å². The van der Waals surface area contributed by atoms with E-state index in [0.29, 0.717) is 23.9 Å². The van der Waals surface area contributed by atoms with Crippen LogP contribution in [0, 0.1) is 0 Å². The van der Waals surface area contributed by atoms with Crippen LogP contribution in [0.4, 0.5) is 0 Å². The fraction of sp³-hybridized carbons (Fsp3) is 0.867. The highest BCUT2D eigenvalue weighted by atomic mass is 16.6. The molecule has 0 radical (unpaired) electrons. The first-order chi connectivity index (χ1) is 24.2. The summed E-state index contributed by atoms with van der Waals surface area (Å²) in [5, 5.41) is 0. The van der Waals surface area contributed by atoms with Gasteiger partial charge in [-0.3, -0.25) is 9.59 Å². The van der Waals surface area contributed by atoms with Gasteiger partial charge in [-0.05, 0) is 64.2 Å². The van der Waals surface area contributed by atoms with E-state index in [1.807, 2.05) is 0 Å². The Morgan fingerprint density at radius 1 is 0.480 bits per heavy atom. The smallest absolute Gasteiger partial charge is 0.306 e. The molecule has 0 aliphatic carbocycles. The molecule has 0 saturated carbocycles. The Balaban J connectivity index is 0. The number of carbonyl (C=O) groups is 2. The minimum atomic E-state index is -0.399. The number of allylic oxidation sites excluding steroid dienone is 4. The topological polar surface area (TPSA) is 52.6 Å². The van der Waals surface area contributed by atoms with Crippen molar-refractivity contribution >= 4 is 11.9 Å². The molecule has 296 valence electrons. The molecular formula is C45H88NO4+. The maximum absolute atomic E-state index is 12.6. The van der Waals surface area contributed by atoms with Crippen molar-refractivity contribution in [2.45, 2.75) is 220 Å². The Morgan fingerprint density at radius 3 is 1.16 bits per heavy atom. The van der Waals surface area contributed by atoms with E-state index in [1.54, 1.807) is 0 Å². The van der Waals surface area contributed by atoms with Crippen molar-refractivity contribution in [1.29, 1.82) is 0 Å². The van der Waals surface area contributed by atoms with E-state index in [9.17, 15) is 9.59 Å². The Bertz CT molecular complexity index is 770. The second-order valence-electron chi connectivity index (χ2n) is 15.6. The summed E-state index contributed by atoms with van der Waals surface area (Å²) >= 11 is 0. The molecule has 0 spiro atoms. The van der Waals surface area contributed by atoms with Crippen molar-refractivity contribution in [3.8, 4) is 0 Å². The molecule has 0 heterocycles. The fourth-order valence-corrected chi connectivity index (χ4v) is 5.92. The van der Waals surface area contributed by atoms with E-state index in [2.05, 4.69) is 73.1 Å². The molecule has 0 aliphatic heterocycles. The van der Waals surface area contributed by atoms with E-state index in [4.69, 9.17) is 9.47 Å². The first kappa shape index (κ1) is 50.5. The van der Waals surface area contributed by atoms with Gasteiger partial charge < -0.3 is 14.0 Å². The number of ether oxygens (including phenoxy) is 2. The van der Waals surface area contributed by atoms with Crippen molar-refractivity contribution < 1.29 is 23.5 Å². The lowest BCUT2D eigenvalue weighted by atomic mass is 10.1. The van der Waals surface area contributed by atoms with Gasteiger partial charge in [0.25, 0.3) is 0 Å². The summed E-state index contributed by atoms with van der Waals surface area (Å²) in [5.74, 6) is -0.350. The van der Waals surface area contributed by atoms with Crippen LogP contribution < -0.4 is 0 Å². The van der Waals surface area contributed by atoms with Crippen LogP contribution in [-0.2, 0) is 19.1 Å². The fourth-order valence-electron chi connectivity index (χ4n) is 5.92. The highest BCUT2D eigenvalue weighted by Gasteiger charge is 2.23. The van der Waals surface area contributed by atoms with E-state index in [1.165, 1.54) is 135 Å². The number of likely N-dealkylation sites (N-methyl/N-ethyl adjacent to an activating group) is 1. The molecule has 0 N–H and O–H groups in total. The SMILES string of the molecule is CCC.CCCCCCCC/C=C\CCCCCCCC(=O)OCC(C[N+](C)(C)C)OC(=O)CCCCCCC/C=C\CCCCCCCC. The van der Waals surface area contributed by atoms with Crippen LogP contribution in [0.3, 0.4) is 0 Å². The van der Waals surface area contributed by atoms with Crippen molar-refractivity contribution in [1.82, 2.24) is 0 Å². The van der Waals surface area contributed by atoms with Gasteiger partial charge in [-0.2, -0.15) is 0 Å². The number of esters is 2. The first-order valence-electron chi connectivity index (χ1n) is 21.7. The van der Waals surface area contributed by atoms with E-state index < -0.39 is 6.10 Å². The van der Waals surface area contributed by atoms with E-state index in [-0.39, 0.29) is 18.5 Å². The lowest BCUT2D eigenvalue weighted by Gasteiger charge is -2.28. The number of unbranched alkanes of at least 4 members (excludes halogenated alkanes) is 22. The number of carbonyl (C=O) groups excluding carboxylic acids is 2. The van der Waals surface area contributed by atoms with Gasteiger partial charge in [0.15, 0.2) is 6.10 Å². The van der Waals surface area contributed by atoms with Crippen LogP contribution in [0.5, 0.6) is 0 Å². The minimum Gasteiger partial charge on any atom is -0.461 e. The van der Waals surface area contributed by atoms with Gasteiger partial charge in [-0.25, -0.2) is 0 Å². The van der Waals surface area contributed by atoms with Crippen molar-refractivity contribution in [3.63, 3.8) is 0 Å². The molecule has 0 amide bonds. The Labute approximate surface area is 313 Å². The highest BCUT2D eigenvalue weighted by Crippen LogP contribution is 2.13. The second kappa shape index (κ2) is 40.2. The third-order valence-electron chi connectivity index (χ3n) is 8.77. The predicted octanol–water partition coefficient (Wildman–Crippen LogP) is 13.6. The summed E-state index contributed by atoms with van der Waals surface area (Å²) in [6, 6.07) is 0. The minimum absolute atomic E-state index is 0.150. The Hall–Kier alpha value is -1.62. The summed E-state index contributed by atoms with van der Waals surface area (Å²) in [4.78, 5) is 24.9. The summed E-state index contributed by atoms with van der Waals surface area (Å²) in [6.45, 7) is 9.56. The van der Waals surface area contributed by atoms with Crippen molar-refractivity contribution in [3.05, 3.63) is 24.3 Å². The van der Waals surface area contributed by atoms with Gasteiger partial charge in [0.2, 0.25) is 0 Å². The van der Waals surface area contributed by atoms with Gasteiger partial charge >= 0.3 is 11.9 Å². The molecule has 0 saturated heterocycles. The normalized spacial score (nSPS) is 12.3. The average molecular weight is 707 g/mol. The molecular weight excluding hydrogens is 618 g/mol. The summed E-state index contributed by atoms with van der Waals surface area (Å²) in [7, 11) is 6.20. The highest BCUT2D eigenvalue weighted by molar-refractivity contribution is 5.70. The van der Waals surface area contributed by atoms with Crippen LogP contribution in [0.2, 0.25) is 0 Å². The number of hydrogen-bond acceptors (Lipinski definition) is 4.